The third-order valence-corrected chi connectivity index (χ3v) is 7.11. The van der Waals surface area contributed by atoms with Crippen molar-refractivity contribution in [2.75, 3.05) is 25.7 Å². The van der Waals surface area contributed by atoms with Crippen molar-refractivity contribution in [3.63, 3.8) is 0 Å². The van der Waals surface area contributed by atoms with E-state index in [9.17, 15) is 26.4 Å². The van der Waals surface area contributed by atoms with Crippen LogP contribution in [0.4, 0.5) is 0 Å². The maximum Gasteiger partial charge on any atom is 0.328 e. The van der Waals surface area contributed by atoms with Gasteiger partial charge in [-0.05, 0) is 30.2 Å². The number of carbonyl (C=O) groups is 2. The van der Waals surface area contributed by atoms with E-state index in [1.54, 1.807) is 0 Å². The molecule has 0 radical (unpaired) electrons. The minimum Gasteiger partial charge on any atom is -0.493 e. The van der Waals surface area contributed by atoms with Crippen molar-refractivity contribution >= 4 is 37.8 Å². The zero-order valence-electron chi connectivity index (χ0n) is 15.5. The van der Waals surface area contributed by atoms with E-state index in [0.717, 1.165) is 18.2 Å². The molecule has 11 nitrogen and oxygen atoms in total. The highest BCUT2D eigenvalue weighted by Gasteiger charge is 2.34. The smallest absolute Gasteiger partial charge is 0.328 e. The van der Waals surface area contributed by atoms with E-state index >= 15 is 0 Å². The Balaban J connectivity index is 2.31. The van der Waals surface area contributed by atoms with Crippen molar-refractivity contribution in [1.29, 1.82) is 0 Å². The lowest BCUT2D eigenvalue weighted by Crippen LogP contribution is -2.44. The Hall–Kier alpha value is -2.64. The maximum absolute atomic E-state index is 12.7. The summed E-state index contributed by atoms with van der Waals surface area (Å²) >= 11 is 0. The first-order valence-corrected chi connectivity index (χ1v) is 11.5. The van der Waals surface area contributed by atoms with Gasteiger partial charge in [-0.1, -0.05) is 0 Å². The molecule has 1 unspecified atom stereocenters. The number of carbonyl (C=O) groups excluding carboxylic acids is 1. The molecule has 0 aromatic heterocycles. The molecule has 1 amide bonds. The van der Waals surface area contributed by atoms with E-state index in [4.69, 9.17) is 14.6 Å². The van der Waals surface area contributed by atoms with E-state index in [-0.39, 0.29) is 35.0 Å². The highest BCUT2D eigenvalue weighted by atomic mass is 32.2. The molecule has 0 bridgehead atoms. The molecule has 1 aliphatic heterocycles. The summed E-state index contributed by atoms with van der Waals surface area (Å²) in [4.78, 5) is 24.3. The number of sulfonamides is 1. The number of ether oxygens (including phenoxy) is 2. The number of hydrazine groups is 1. The monoisotopic (exact) mass is 448 g/mol. The molecule has 160 valence electrons. The first-order valence-electron chi connectivity index (χ1n) is 8.18. The van der Waals surface area contributed by atoms with Crippen LogP contribution in [0.2, 0.25) is 0 Å². The van der Waals surface area contributed by atoms with Gasteiger partial charge in [-0.3, -0.25) is 10.2 Å². The number of carboxylic acids is 1. The van der Waals surface area contributed by atoms with Crippen LogP contribution in [0.15, 0.2) is 23.1 Å². The number of hydrogen-bond acceptors (Lipinski definition) is 8. The van der Waals surface area contributed by atoms with Crippen molar-refractivity contribution in [2.24, 2.45) is 5.92 Å². The van der Waals surface area contributed by atoms with Crippen molar-refractivity contribution in [3.8, 4) is 11.5 Å². The summed E-state index contributed by atoms with van der Waals surface area (Å²) in [5.41, 5.74) is 2.20. The van der Waals surface area contributed by atoms with Crippen LogP contribution in [0.3, 0.4) is 0 Å². The summed E-state index contributed by atoms with van der Waals surface area (Å²) < 4.78 is 58.5. The summed E-state index contributed by atoms with van der Waals surface area (Å²) in [6, 6.07) is 2.51. The second-order valence-corrected chi connectivity index (χ2v) is 10.0. The van der Waals surface area contributed by atoms with E-state index in [1.807, 2.05) is 10.3 Å². The molecule has 1 saturated heterocycles. The van der Waals surface area contributed by atoms with E-state index < -0.39 is 42.6 Å². The Morgan fingerprint density at radius 2 is 1.93 bits per heavy atom. The lowest BCUT2D eigenvalue weighted by molar-refractivity contribution is -0.131. The Labute approximate surface area is 167 Å². The van der Waals surface area contributed by atoms with Crippen LogP contribution in [-0.4, -0.2) is 59.5 Å². The summed E-state index contributed by atoms with van der Waals surface area (Å²) in [7, 11) is -5.20. The summed E-state index contributed by atoms with van der Waals surface area (Å²) in [6.07, 6.45) is 2.07. The molecule has 1 heterocycles. The average molecular weight is 448 g/mol. The van der Waals surface area contributed by atoms with Gasteiger partial charge in [-0.15, -0.1) is 4.83 Å². The number of benzene rings is 1. The highest BCUT2D eigenvalue weighted by Crippen LogP contribution is 2.35. The van der Waals surface area contributed by atoms with Gasteiger partial charge in [0.2, 0.25) is 5.91 Å². The van der Waals surface area contributed by atoms with Crippen molar-refractivity contribution < 1.29 is 41.0 Å². The van der Waals surface area contributed by atoms with Crippen LogP contribution in [0.5, 0.6) is 11.5 Å². The first-order chi connectivity index (χ1) is 13.5. The Morgan fingerprint density at radius 3 is 2.45 bits per heavy atom. The number of carboxylic acid groups (broad SMARTS) is 1. The first kappa shape index (κ1) is 22.6. The van der Waals surface area contributed by atoms with Crippen LogP contribution >= 0.6 is 0 Å². The fourth-order valence-corrected chi connectivity index (χ4v) is 5.49. The third-order valence-electron chi connectivity index (χ3n) is 4.09. The molecular weight excluding hydrogens is 428 g/mol. The van der Waals surface area contributed by atoms with Crippen LogP contribution in [0.25, 0.3) is 6.08 Å². The fourth-order valence-electron chi connectivity index (χ4n) is 2.69. The minimum atomic E-state index is -4.37. The van der Waals surface area contributed by atoms with Gasteiger partial charge in [0.15, 0.2) is 21.3 Å². The second kappa shape index (κ2) is 8.80. The van der Waals surface area contributed by atoms with Gasteiger partial charge in [0, 0.05) is 6.08 Å². The van der Waals surface area contributed by atoms with Gasteiger partial charge in [-0.2, -0.15) is 0 Å². The molecule has 1 aromatic rings. The molecule has 3 N–H and O–H groups in total. The highest BCUT2D eigenvalue weighted by molar-refractivity contribution is 7.91. The topological polar surface area (TPSA) is 165 Å². The van der Waals surface area contributed by atoms with Crippen molar-refractivity contribution in [2.45, 2.75) is 11.3 Å². The number of nitrogens with one attached hydrogen (secondary N) is 2. The van der Waals surface area contributed by atoms with E-state index in [0.29, 0.717) is 0 Å². The van der Waals surface area contributed by atoms with Crippen LogP contribution in [-0.2, 0) is 29.4 Å². The predicted molar refractivity (Wildman–Crippen MR) is 101 cm³/mol. The van der Waals surface area contributed by atoms with Crippen LogP contribution in [0.1, 0.15) is 12.0 Å². The van der Waals surface area contributed by atoms with E-state index in [1.165, 1.54) is 20.3 Å². The van der Waals surface area contributed by atoms with Gasteiger partial charge < -0.3 is 14.6 Å². The number of methoxy groups -OCH3 is 2. The molecule has 1 fully saturated rings. The van der Waals surface area contributed by atoms with Crippen molar-refractivity contribution in [1.82, 2.24) is 10.3 Å². The standard InChI is InChI=1S/C16H20N2O9S2/c1-26-12-7-10(3-4-14(19)20)8-13(15(12)27-2)29(24,25)18-17-16(21)11-5-6-28(22,23)9-11/h3-4,7-8,11,18H,5-6,9H2,1-2H3,(H,17,21)(H,19,20)/b4-3+. The van der Waals surface area contributed by atoms with Gasteiger partial charge in [0.1, 0.15) is 4.90 Å². The molecule has 13 heteroatoms. The van der Waals surface area contributed by atoms with Gasteiger partial charge in [-0.25, -0.2) is 21.6 Å². The maximum atomic E-state index is 12.7. The number of sulfone groups is 1. The number of hydrogen-bond donors (Lipinski definition) is 3. The second-order valence-electron chi connectivity index (χ2n) is 6.12. The van der Waals surface area contributed by atoms with E-state index in [2.05, 4.69) is 0 Å². The lowest BCUT2D eigenvalue weighted by atomic mass is 10.1. The Bertz CT molecular complexity index is 1050. The molecule has 29 heavy (non-hydrogen) atoms. The molecule has 1 aliphatic rings. The van der Waals surface area contributed by atoms with Gasteiger partial charge in [0.25, 0.3) is 10.0 Å². The largest absolute Gasteiger partial charge is 0.493 e. The number of amides is 1. The molecule has 1 atom stereocenters. The summed E-state index contributed by atoms with van der Waals surface area (Å²) in [6.45, 7) is 0. The molecular formula is C16H20N2O9S2. The molecule has 0 saturated carbocycles. The number of aliphatic carboxylic acids is 1. The zero-order valence-corrected chi connectivity index (χ0v) is 17.2. The van der Waals surface area contributed by atoms with Crippen LogP contribution < -0.4 is 19.7 Å². The predicted octanol–water partition coefficient (Wildman–Crippen LogP) is -0.454. The normalized spacial score (nSPS) is 18.5. The lowest BCUT2D eigenvalue weighted by Gasteiger charge is -2.16. The quantitative estimate of drug-likeness (QED) is 0.352. The molecule has 1 aromatic carbocycles. The Kier molecular flexibility index (Phi) is 6.87. The van der Waals surface area contributed by atoms with Crippen LogP contribution in [0, 0.1) is 5.92 Å². The van der Waals surface area contributed by atoms with Gasteiger partial charge in [0.05, 0.1) is 31.6 Å². The fraction of sp³-hybridized carbons (Fsp3) is 0.375. The summed E-state index contributed by atoms with van der Waals surface area (Å²) in [5.74, 6) is -3.50. The molecule has 0 aliphatic carbocycles. The third kappa shape index (κ3) is 5.68. The zero-order chi connectivity index (χ0) is 21.8. The van der Waals surface area contributed by atoms with Crippen molar-refractivity contribution in [3.05, 3.63) is 23.8 Å². The molecule has 2 rings (SSSR count). The SMILES string of the molecule is COc1cc(/C=C/C(=O)O)cc(S(=O)(=O)NNC(=O)C2CCS(=O)(=O)C2)c1OC. The van der Waals surface area contributed by atoms with Gasteiger partial charge >= 0.3 is 5.97 Å². The number of rotatable bonds is 8. The Morgan fingerprint density at radius 1 is 1.24 bits per heavy atom. The summed E-state index contributed by atoms with van der Waals surface area (Å²) in [5, 5.41) is 8.75. The minimum absolute atomic E-state index is 0.0219. The molecule has 0 spiro atoms. The average Bonchev–Trinajstić information content (AvgIpc) is 3.03.